The maximum atomic E-state index is 13.1. The van der Waals surface area contributed by atoms with E-state index >= 15 is 0 Å². The van der Waals surface area contributed by atoms with Crippen LogP contribution in [0, 0.1) is 0 Å². The summed E-state index contributed by atoms with van der Waals surface area (Å²) in [6, 6.07) is 16.4. The molecule has 3 rings (SSSR count). The Morgan fingerprint density at radius 3 is 2.44 bits per heavy atom. The lowest BCUT2D eigenvalue weighted by Crippen LogP contribution is -2.45. The van der Waals surface area contributed by atoms with Gasteiger partial charge in [0.15, 0.2) is 5.96 Å². The van der Waals surface area contributed by atoms with Gasteiger partial charge >= 0.3 is 0 Å². The summed E-state index contributed by atoms with van der Waals surface area (Å²) >= 11 is 0. The molecule has 0 aliphatic carbocycles. The maximum Gasteiger partial charge on any atom is 0.268 e. The zero-order valence-electron chi connectivity index (χ0n) is 17.8. The van der Waals surface area contributed by atoms with Gasteiger partial charge in [0.25, 0.3) is 5.91 Å². The number of hydrogen-bond acceptors (Lipinski definition) is 4. The Balaban J connectivity index is 1.79. The largest absolute Gasteiger partial charge is 0.399 e. The summed E-state index contributed by atoms with van der Waals surface area (Å²) in [5.41, 5.74) is 25.1. The third-order valence-corrected chi connectivity index (χ3v) is 5.24. The van der Waals surface area contributed by atoms with E-state index in [1.54, 1.807) is 0 Å². The minimum Gasteiger partial charge on any atom is -0.399 e. The van der Waals surface area contributed by atoms with E-state index in [0.717, 1.165) is 22.9 Å². The number of hydrogen-bond donors (Lipinski definition) is 5. The minimum absolute atomic E-state index is 0.0183. The summed E-state index contributed by atoms with van der Waals surface area (Å²) in [7, 11) is 0. The van der Waals surface area contributed by atoms with E-state index in [9.17, 15) is 9.59 Å². The molecule has 9 N–H and O–H groups in total. The fourth-order valence-corrected chi connectivity index (χ4v) is 3.59. The fourth-order valence-electron chi connectivity index (χ4n) is 3.59. The molecular weight excluding hydrogens is 406 g/mol. The van der Waals surface area contributed by atoms with Crippen molar-refractivity contribution in [1.29, 1.82) is 0 Å². The molecule has 1 unspecified atom stereocenters. The van der Waals surface area contributed by atoms with E-state index in [0.29, 0.717) is 37.3 Å². The Hall–Kier alpha value is -4.01. The second kappa shape index (κ2) is 10.3. The molecule has 0 bridgehead atoms. The average Bonchev–Trinajstić information content (AvgIpc) is 3.14. The molecule has 0 saturated heterocycles. The van der Waals surface area contributed by atoms with Crippen LogP contribution in [0.3, 0.4) is 0 Å². The molecular formula is C23H29N7O2. The number of para-hydroxylation sites is 1. The number of carbonyl (C=O) groups is 2. The summed E-state index contributed by atoms with van der Waals surface area (Å²) < 4.78 is 1.96. The number of amides is 2. The Labute approximate surface area is 186 Å². The molecule has 3 aromatic rings. The fraction of sp³-hybridized carbons (Fsp3) is 0.261. The van der Waals surface area contributed by atoms with Gasteiger partial charge in [-0.1, -0.05) is 30.3 Å². The highest BCUT2D eigenvalue weighted by atomic mass is 16.2. The van der Waals surface area contributed by atoms with Crippen molar-refractivity contribution in [3.05, 3.63) is 65.9 Å². The van der Waals surface area contributed by atoms with E-state index in [-0.39, 0.29) is 11.9 Å². The Morgan fingerprint density at radius 2 is 1.75 bits per heavy atom. The van der Waals surface area contributed by atoms with Crippen molar-refractivity contribution in [1.82, 2.24) is 9.88 Å². The van der Waals surface area contributed by atoms with Crippen LogP contribution < -0.4 is 28.3 Å². The first-order valence-electron chi connectivity index (χ1n) is 10.4. The quantitative estimate of drug-likeness (QED) is 0.139. The van der Waals surface area contributed by atoms with Crippen LogP contribution >= 0.6 is 0 Å². The first-order valence-corrected chi connectivity index (χ1v) is 10.4. The van der Waals surface area contributed by atoms with Crippen LogP contribution in [0.2, 0.25) is 0 Å². The Morgan fingerprint density at radius 1 is 1.03 bits per heavy atom. The predicted octanol–water partition coefficient (Wildman–Crippen LogP) is 1.10. The number of guanidine groups is 1. The highest BCUT2D eigenvalue weighted by Crippen LogP contribution is 2.21. The van der Waals surface area contributed by atoms with Crippen LogP contribution in [-0.4, -0.2) is 34.9 Å². The van der Waals surface area contributed by atoms with Gasteiger partial charge in [-0.15, -0.1) is 0 Å². The van der Waals surface area contributed by atoms with Crippen molar-refractivity contribution in [2.45, 2.75) is 31.8 Å². The zero-order chi connectivity index (χ0) is 23.1. The molecule has 1 heterocycles. The van der Waals surface area contributed by atoms with Crippen LogP contribution in [-0.2, 0) is 17.8 Å². The summed E-state index contributed by atoms with van der Waals surface area (Å²) in [5, 5.41) is 3.71. The van der Waals surface area contributed by atoms with Crippen LogP contribution in [0.1, 0.15) is 28.9 Å². The van der Waals surface area contributed by atoms with Gasteiger partial charge < -0.3 is 32.8 Å². The number of nitrogen functional groups attached to an aromatic ring is 1. The molecule has 0 saturated carbocycles. The summed E-state index contributed by atoms with van der Waals surface area (Å²) in [6.45, 7) is 0.940. The lowest BCUT2D eigenvalue weighted by Gasteiger charge is -2.16. The molecule has 32 heavy (non-hydrogen) atoms. The lowest BCUT2D eigenvalue weighted by molar-refractivity contribution is -0.120. The molecule has 168 valence electrons. The lowest BCUT2D eigenvalue weighted by atomic mass is 10.1. The SMILES string of the molecule is NC(=O)C(CCCN=C(N)N)NC(=O)c1cc2ccccc2n1CCc1ccc(N)cc1. The van der Waals surface area contributed by atoms with Gasteiger partial charge in [-0.2, -0.15) is 0 Å². The summed E-state index contributed by atoms with van der Waals surface area (Å²) in [5.74, 6) is -0.980. The van der Waals surface area contributed by atoms with Gasteiger partial charge in [-0.05, 0) is 49.1 Å². The number of fused-ring (bicyclic) bond motifs is 1. The molecule has 1 atom stereocenters. The number of benzene rings is 2. The molecule has 0 fully saturated rings. The van der Waals surface area contributed by atoms with E-state index in [1.807, 2.05) is 59.2 Å². The van der Waals surface area contributed by atoms with Crippen LogP contribution in [0.4, 0.5) is 5.69 Å². The monoisotopic (exact) mass is 435 g/mol. The second-order valence-electron chi connectivity index (χ2n) is 7.61. The van der Waals surface area contributed by atoms with Gasteiger partial charge in [-0.3, -0.25) is 14.6 Å². The molecule has 9 nitrogen and oxygen atoms in total. The maximum absolute atomic E-state index is 13.1. The molecule has 2 aromatic carbocycles. The summed E-state index contributed by atoms with van der Waals surface area (Å²) in [4.78, 5) is 28.9. The van der Waals surface area contributed by atoms with Gasteiger partial charge in [0, 0.05) is 29.7 Å². The number of aromatic nitrogens is 1. The molecule has 9 heteroatoms. The second-order valence-corrected chi connectivity index (χ2v) is 7.61. The van der Waals surface area contributed by atoms with E-state index in [1.165, 1.54) is 0 Å². The number of carbonyl (C=O) groups excluding carboxylic acids is 2. The minimum atomic E-state index is -0.819. The van der Waals surface area contributed by atoms with Gasteiger partial charge in [0.05, 0.1) is 0 Å². The number of anilines is 1. The molecule has 0 aliphatic heterocycles. The molecule has 0 radical (unpaired) electrons. The third kappa shape index (κ3) is 5.78. The zero-order valence-corrected chi connectivity index (χ0v) is 17.8. The van der Waals surface area contributed by atoms with Crippen LogP contribution in [0.15, 0.2) is 59.6 Å². The van der Waals surface area contributed by atoms with E-state index < -0.39 is 11.9 Å². The predicted molar refractivity (Wildman–Crippen MR) is 127 cm³/mol. The molecule has 2 amide bonds. The normalized spacial score (nSPS) is 11.8. The van der Waals surface area contributed by atoms with E-state index in [4.69, 9.17) is 22.9 Å². The summed E-state index contributed by atoms with van der Waals surface area (Å²) in [6.07, 6.45) is 1.56. The number of primary amides is 1. The van der Waals surface area contributed by atoms with Crippen molar-refractivity contribution in [2.75, 3.05) is 12.3 Å². The highest BCUT2D eigenvalue weighted by Gasteiger charge is 2.22. The Kier molecular flexibility index (Phi) is 7.33. The van der Waals surface area contributed by atoms with Crippen molar-refractivity contribution in [3.8, 4) is 0 Å². The van der Waals surface area contributed by atoms with Gasteiger partial charge in [0.1, 0.15) is 11.7 Å². The van der Waals surface area contributed by atoms with Crippen molar-refractivity contribution >= 4 is 34.4 Å². The van der Waals surface area contributed by atoms with Gasteiger partial charge in [0.2, 0.25) is 5.91 Å². The third-order valence-electron chi connectivity index (χ3n) is 5.24. The number of rotatable bonds is 10. The first-order chi connectivity index (χ1) is 15.3. The van der Waals surface area contributed by atoms with Crippen molar-refractivity contribution in [2.24, 2.45) is 22.2 Å². The number of nitrogens with two attached hydrogens (primary N) is 4. The standard InChI is InChI=1S/C23H29N7O2/c24-17-9-7-15(8-10-17)11-13-30-19-6-2-1-4-16(19)14-20(30)22(32)29-18(21(25)31)5-3-12-28-23(26)27/h1-2,4,6-10,14,18H,3,5,11-13,24H2,(H2,25,31)(H,29,32)(H4,26,27,28). The highest BCUT2D eigenvalue weighted by molar-refractivity contribution is 6.00. The molecule has 0 aliphatic rings. The van der Waals surface area contributed by atoms with Gasteiger partial charge in [-0.25, -0.2) is 0 Å². The first kappa shape index (κ1) is 22.7. The van der Waals surface area contributed by atoms with E-state index in [2.05, 4.69) is 10.3 Å². The number of aryl methyl sites for hydroxylation is 2. The average molecular weight is 436 g/mol. The number of aliphatic imine (C=N–C) groups is 1. The number of nitrogens with one attached hydrogen (secondary N) is 1. The molecule has 0 spiro atoms. The molecule has 1 aromatic heterocycles. The number of nitrogens with zero attached hydrogens (tertiary/aromatic N) is 2. The topological polar surface area (TPSA) is 168 Å². The smallest absolute Gasteiger partial charge is 0.268 e. The van der Waals surface area contributed by atoms with Crippen LogP contribution in [0.25, 0.3) is 10.9 Å². The van der Waals surface area contributed by atoms with Crippen molar-refractivity contribution < 1.29 is 9.59 Å². The van der Waals surface area contributed by atoms with Crippen LogP contribution in [0.5, 0.6) is 0 Å². The Bertz CT molecular complexity index is 1120. The van der Waals surface area contributed by atoms with Crippen molar-refractivity contribution in [3.63, 3.8) is 0 Å².